The van der Waals surface area contributed by atoms with Crippen molar-refractivity contribution in [2.75, 3.05) is 36.0 Å². The van der Waals surface area contributed by atoms with Crippen molar-refractivity contribution < 1.29 is 22.6 Å². The van der Waals surface area contributed by atoms with Crippen molar-refractivity contribution in [1.29, 1.82) is 0 Å². The molecule has 1 fully saturated rings. The summed E-state index contributed by atoms with van der Waals surface area (Å²) in [6, 6.07) is 4.11. The molecule has 28 heavy (non-hydrogen) atoms. The van der Waals surface area contributed by atoms with Gasteiger partial charge < -0.3 is 15.8 Å². The van der Waals surface area contributed by atoms with Crippen LogP contribution >= 0.6 is 15.9 Å². The zero-order chi connectivity index (χ0) is 20.1. The lowest BCUT2D eigenvalue weighted by Gasteiger charge is -2.15. The first-order valence-electron chi connectivity index (χ1n) is 8.39. The molecule has 3 rings (SSSR count). The van der Waals surface area contributed by atoms with Crippen molar-refractivity contribution in [1.82, 2.24) is 14.6 Å². The molecule has 1 aliphatic heterocycles. The first-order chi connectivity index (χ1) is 13.4. The second-order valence-corrected chi connectivity index (χ2v) is 8.96. The van der Waals surface area contributed by atoms with E-state index in [1.165, 1.54) is 22.5 Å². The molecule has 3 N–H and O–H groups in total. The summed E-state index contributed by atoms with van der Waals surface area (Å²) in [6.45, 7) is 1.15. The first-order valence-corrected chi connectivity index (χ1v) is 10.8. The highest BCUT2D eigenvalue weighted by molar-refractivity contribution is 9.10. The number of halogens is 2. The Kier molecular flexibility index (Phi) is 6.46. The molecule has 13 heteroatoms. The highest BCUT2D eigenvalue weighted by Gasteiger charge is 2.25. The molecule has 0 saturated carbocycles. The predicted octanol–water partition coefficient (Wildman–Crippen LogP) is 2.06. The van der Waals surface area contributed by atoms with E-state index in [-0.39, 0.29) is 34.1 Å². The minimum Gasteiger partial charge on any atom is -0.409 e. The van der Waals surface area contributed by atoms with Crippen LogP contribution in [0.2, 0.25) is 0 Å². The molecule has 0 aliphatic carbocycles. The van der Waals surface area contributed by atoms with Crippen LogP contribution in [0.3, 0.4) is 0 Å². The fourth-order valence-corrected chi connectivity index (χ4v) is 4.51. The molecule has 0 atom stereocenters. The number of oxime groups is 1. The Morgan fingerprint density at radius 1 is 1.36 bits per heavy atom. The number of benzene rings is 1. The average molecular weight is 477 g/mol. The van der Waals surface area contributed by atoms with Crippen LogP contribution in [0.5, 0.6) is 0 Å². The van der Waals surface area contributed by atoms with E-state index in [2.05, 4.69) is 46.7 Å². The number of sulfonamides is 1. The fraction of sp³-hybridized carbons (Fsp3) is 0.400. The standard InChI is InChI=1S/C15H18BrFN6O4S/c16-11-9-10(3-4-12(11)17)19-15(20-24)13-14(22-27-21-13)18-5-8-28(25,26)23-6-1-2-7-23/h3-4,9,24H,1-2,5-8H2,(H,18,22)(H,19,20). The van der Waals surface area contributed by atoms with Gasteiger partial charge in [0.15, 0.2) is 5.69 Å². The van der Waals surface area contributed by atoms with Gasteiger partial charge in [-0.25, -0.2) is 21.7 Å². The van der Waals surface area contributed by atoms with Crippen molar-refractivity contribution in [2.24, 2.45) is 5.16 Å². The monoisotopic (exact) mass is 476 g/mol. The lowest BCUT2D eigenvalue weighted by molar-refractivity contribution is 0.305. The maximum atomic E-state index is 13.3. The van der Waals surface area contributed by atoms with Crippen LogP contribution in [0.1, 0.15) is 18.5 Å². The lowest BCUT2D eigenvalue weighted by atomic mass is 10.3. The summed E-state index contributed by atoms with van der Waals surface area (Å²) >= 11 is 3.06. The summed E-state index contributed by atoms with van der Waals surface area (Å²) < 4.78 is 44.2. The van der Waals surface area contributed by atoms with E-state index in [1.807, 2.05) is 0 Å². The summed E-state index contributed by atoms with van der Waals surface area (Å²) in [5.74, 6) is -0.566. The quantitative estimate of drug-likeness (QED) is 0.239. The number of rotatable bonds is 7. The van der Waals surface area contributed by atoms with Crippen LogP contribution in [0, 0.1) is 5.82 Å². The summed E-state index contributed by atoms with van der Waals surface area (Å²) in [5.41, 5.74) is 0.466. The normalized spacial score (nSPS) is 15.7. The average Bonchev–Trinajstić information content (AvgIpc) is 3.35. The second kappa shape index (κ2) is 8.84. The lowest BCUT2D eigenvalue weighted by Crippen LogP contribution is -2.32. The molecule has 1 saturated heterocycles. The number of aromatic nitrogens is 2. The number of amidine groups is 1. The Morgan fingerprint density at radius 2 is 2.11 bits per heavy atom. The van der Waals surface area contributed by atoms with Crippen LogP contribution in [-0.2, 0) is 10.0 Å². The van der Waals surface area contributed by atoms with Gasteiger partial charge in [0.25, 0.3) is 0 Å². The topological polar surface area (TPSA) is 133 Å². The molecule has 1 aromatic heterocycles. The van der Waals surface area contributed by atoms with Gasteiger partial charge in [-0.1, -0.05) is 5.16 Å². The number of nitrogens with one attached hydrogen (secondary N) is 2. The molecule has 0 bridgehead atoms. The van der Waals surface area contributed by atoms with Crippen LogP contribution in [-0.4, -0.2) is 59.5 Å². The summed E-state index contributed by atoms with van der Waals surface area (Å²) in [4.78, 5) is 0. The molecule has 0 unspecified atom stereocenters. The number of anilines is 2. The first kappa shape index (κ1) is 20.5. The molecule has 1 aromatic carbocycles. The summed E-state index contributed by atoms with van der Waals surface area (Å²) in [6.07, 6.45) is 1.73. The van der Waals surface area contributed by atoms with Gasteiger partial charge in [0, 0.05) is 25.3 Å². The van der Waals surface area contributed by atoms with Gasteiger partial charge in [-0.2, -0.15) is 0 Å². The molecular formula is C15H18BrFN6O4S. The minimum atomic E-state index is -3.35. The molecule has 0 radical (unpaired) electrons. The third kappa shape index (κ3) is 4.77. The van der Waals surface area contributed by atoms with E-state index in [1.54, 1.807) is 0 Å². The van der Waals surface area contributed by atoms with Gasteiger partial charge in [-0.05, 0) is 57.3 Å². The zero-order valence-corrected chi connectivity index (χ0v) is 17.0. The third-order valence-corrected chi connectivity index (χ3v) is 6.59. The van der Waals surface area contributed by atoms with Crippen molar-refractivity contribution in [2.45, 2.75) is 12.8 Å². The Bertz CT molecular complexity index is 961. The maximum Gasteiger partial charge on any atom is 0.215 e. The predicted molar refractivity (Wildman–Crippen MR) is 103 cm³/mol. The Hall–Kier alpha value is -2.25. The molecule has 1 aliphatic rings. The van der Waals surface area contributed by atoms with E-state index >= 15 is 0 Å². The largest absolute Gasteiger partial charge is 0.409 e. The molecule has 0 spiro atoms. The van der Waals surface area contributed by atoms with Gasteiger partial charge in [0.05, 0.1) is 10.2 Å². The van der Waals surface area contributed by atoms with E-state index in [0.717, 1.165) is 12.8 Å². The van der Waals surface area contributed by atoms with Crippen LogP contribution in [0.4, 0.5) is 15.9 Å². The van der Waals surface area contributed by atoms with E-state index in [4.69, 9.17) is 0 Å². The minimum absolute atomic E-state index is 0.0431. The van der Waals surface area contributed by atoms with E-state index in [9.17, 15) is 18.0 Å². The highest BCUT2D eigenvalue weighted by atomic mass is 79.9. The molecule has 0 amide bonds. The van der Waals surface area contributed by atoms with E-state index in [0.29, 0.717) is 18.8 Å². The zero-order valence-electron chi connectivity index (χ0n) is 14.6. The third-order valence-electron chi connectivity index (χ3n) is 4.11. The van der Waals surface area contributed by atoms with Gasteiger partial charge in [-0.3, -0.25) is 0 Å². The highest BCUT2D eigenvalue weighted by Crippen LogP contribution is 2.21. The number of nitrogens with zero attached hydrogens (tertiary/aromatic N) is 4. The van der Waals surface area contributed by atoms with Crippen molar-refractivity contribution in [3.05, 3.63) is 34.2 Å². The second-order valence-electron chi connectivity index (χ2n) is 6.01. The van der Waals surface area contributed by atoms with Crippen molar-refractivity contribution >= 4 is 43.3 Å². The number of hydrogen-bond donors (Lipinski definition) is 3. The van der Waals surface area contributed by atoms with E-state index < -0.39 is 15.8 Å². The Labute approximate surface area is 168 Å². The molecule has 2 heterocycles. The Balaban J connectivity index is 1.65. The van der Waals surface area contributed by atoms with Gasteiger partial charge >= 0.3 is 0 Å². The summed E-state index contributed by atoms with van der Waals surface area (Å²) in [5, 5.41) is 25.4. The smallest absolute Gasteiger partial charge is 0.215 e. The van der Waals surface area contributed by atoms with Crippen molar-refractivity contribution in [3.8, 4) is 0 Å². The molecular weight excluding hydrogens is 459 g/mol. The van der Waals surface area contributed by atoms with Crippen molar-refractivity contribution in [3.63, 3.8) is 0 Å². The summed E-state index contributed by atoms with van der Waals surface area (Å²) in [7, 11) is -3.35. The maximum absolute atomic E-state index is 13.3. The van der Waals surface area contributed by atoms with Crippen LogP contribution in [0.15, 0.2) is 32.5 Å². The van der Waals surface area contributed by atoms with Gasteiger partial charge in [0.1, 0.15) is 5.82 Å². The Morgan fingerprint density at radius 3 is 2.79 bits per heavy atom. The van der Waals surface area contributed by atoms with Crippen LogP contribution in [0.25, 0.3) is 0 Å². The van der Waals surface area contributed by atoms with Crippen LogP contribution < -0.4 is 10.6 Å². The molecule has 152 valence electrons. The van der Waals surface area contributed by atoms with Gasteiger partial charge in [0.2, 0.25) is 21.7 Å². The molecule has 10 nitrogen and oxygen atoms in total. The number of hydrogen-bond acceptors (Lipinski definition) is 8. The molecule has 2 aromatic rings. The van der Waals surface area contributed by atoms with Gasteiger partial charge in [-0.15, -0.1) is 0 Å². The fourth-order valence-electron chi connectivity index (χ4n) is 2.70. The SMILES string of the molecule is O=S(=O)(CCNc1nonc1/C(=N/O)Nc1ccc(F)c(Br)c1)N1CCCC1.